The molecule has 0 fully saturated rings. The number of carboxylic acids is 1. The maximum absolute atomic E-state index is 12.0. The highest BCUT2D eigenvalue weighted by Crippen LogP contribution is 2.21. The Morgan fingerprint density at radius 3 is 2.50 bits per heavy atom. The third kappa shape index (κ3) is 3.06. The smallest absolute Gasteiger partial charge is 0.355 e. The Hall–Kier alpha value is -2.13. The van der Waals surface area contributed by atoms with Gasteiger partial charge < -0.3 is 9.84 Å². The molecule has 0 radical (unpaired) electrons. The van der Waals surface area contributed by atoms with Crippen molar-refractivity contribution in [1.82, 2.24) is 4.98 Å². The number of methoxy groups -OCH3 is 1. The van der Waals surface area contributed by atoms with Crippen LogP contribution in [0.2, 0.25) is 0 Å². The highest BCUT2D eigenvalue weighted by atomic mass is 32.2. The number of nitrogens with one attached hydrogen (secondary N) is 1. The molecule has 0 atom stereocenters. The van der Waals surface area contributed by atoms with Gasteiger partial charge in [-0.05, 0) is 24.3 Å². The van der Waals surface area contributed by atoms with E-state index in [1.165, 1.54) is 36.8 Å². The van der Waals surface area contributed by atoms with Gasteiger partial charge in [0.1, 0.15) is 5.75 Å². The number of aromatic nitrogens is 1. The SMILES string of the molecule is COc1ccc(S(=O)(=O)Nc2nc(C(=O)O)cs2)cc1. The Morgan fingerprint density at radius 2 is 2.00 bits per heavy atom. The molecule has 0 saturated carbocycles. The molecule has 0 aliphatic rings. The van der Waals surface area contributed by atoms with Crippen molar-refractivity contribution in [2.45, 2.75) is 4.90 Å². The van der Waals surface area contributed by atoms with Crippen LogP contribution in [-0.2, 0) is 10.0 Å². The quantitative estimate of drug-likeness (QED) is 0.869. The van der Waals surface area contributed by atoms with Crippen LogP contribution in [0, 0.1) is 0 Å². The monoisotopic (exact) mass is 314 g/mol. The molecule has 0 saturated heterocycles. The van der Waals surface area contributed by atoms with E-state index in [1.54, 1.807) is 0 Å². The van der Waals surface area contributed by atoms with Gasteiger partial charge in [-0.25, -0.2) is 18.2 Å². The minimum absolute atomic E-state index is 0.00165. The maximum atomic E-state index is 12.0. The lowest BCUT2D eigenvalue weighted by molar-refractivity contribution is 0.0691. The van der Waals surface area contributed by atoms with Gasteiger partial charge in [0, 0.05) is 5.38 Å². The van der Waals surface area contributed by atoms with Crippen molar-refractivity contribution in [2.75, 3.05) is 11.8 Å². The molecular formula is C11H10N2O5S2. The number of benzene rings is 1. The van der Waals surface area contributed by atoms with Crippen molar-refractivity contribution >= 4 is 32.5 Å². The molecule has 0 spiro atoms. The van der Waals surface area contributed by atoms with E-state index in [-0.39, 0.29) is 15.7 Å². The van der Waals surface area contributed by atoms with E-state index in [1.807, 2.05) is 0 Å². The highest BCUT2D eigenvalue weighted by molar-refractivity contribution is 7.93. The second-order valence-electron chi connectivity index (χ2n) is 3.62. The van der Waals surface area contributed by atoms with Gasteiger partial charge in [0.2, 0.25) is 0 Å². The van der Waals surface area contributed by atoms with Crippen LogP contribution < -0.4 is 9.46 Å². The van der Waals surface area contributed by atoms with Crippen molar-refractivity contribution in [3.63, 3.8) is 0 Å². The molecule has 0 unspecified atom stereocenters. The number of anilines is 1. The zero-order valence-corrected chi connectivity index (χ0v) is 11.9. The molecule has 7 nitrogen and oxygen atoms in total. The standard InChI is InChI=1S/C11H10N2O5S2/c1-18-7-2-4-8(5-3-7)20(16,17)13-11-12-9(6-19-11)10(14)15/h2-6H,1H3,(H,12,13)(H,14,15). The number of hydrogen-bond donors (Lipinski definition) is 2. The Bertz CT molecular complexity index is 722. The summed E-state index contributed by atoms with van der Waals surface area (Å²) < 4.78 is 31.3. The first-order chi connectivity index (χ1) is 9.42. The summed E-state index contributed by atoms with van der Waals surface area (Å²) in [5, 5.41) is 9.98. The molecule has 2 N–H and O–H groups in total. The molecule has 1 aromatic carbocycles. The first-order valence-electron chi connectivity index (χ1n) is 5.28. The maximum Gasteiger partial charge on any atom is 0.355 e. The van der Waals surface area contributed by atoms with Gasteiger partial charge in [0.15, 0.2) is 10.8 Å². The fraction of sp³-hybridized carbons (Fsp3) is 0.0909. The number of rotatable bonds is 5. The number of thiazole rings is 1. The van der Waals surface area contributed by atoms with Crippen molar-refractivity contribution < 1.29 is 23.1 Å². The van der Waals surface area contributed by atoms with E-state index in [2.05, 4.69) is 9.71 Å². The number of sulfonamides is 1. The van der Waals surface area contributed by atoms with Crippen LogP contribution in [0.15, 0.2) is 34.5 Å². The molecular weight excluding hydrogens is 304 g/mol. The second-order valence-corrected chi connectivity index (χ2v) is 6.16. The Kier molecular flexibility index (Phi) is 3.91. The average Bonchev–Trinajstić information content (AvgIpc) is 2.87. The topological polar surface area (TPSA) is 106 Å². The summed E-state index contributed by atoms with van der Waals surface area (Å²) in [6.45, 7) is 0. The summed E-state index contributed by atoms with van der Waals surface area (Å²) >= 11 is 0.900. The predicted molar refractivity (Wildman–Crippen MR) is 72.9 cm³/mol. The molecule has 9 heteroatoms. The van der Waals surface area contributed by atoms with E-state index in [0.29, 0.717) is 5.75 Å². The van der Waals surface area contributed by atoms with Gasteiger partial charge in [-0.2, -0.15) is 0 Å². The van der Waals surface area contributed by atoms with Crippen LogP contribution in [0.3, 0.4) is 0 Å². The van der Waals surface area contributed by atoms with Crippen LogP contribution in [0.5, 0.6) is 5.75 Å². The molecule has 20 heavy (non-hydrogen) atoms. The number of nitrogens with zero attached hydrogens (tertiary/aromatic N) is 1. The average molecular weight is 314 g/mol. The third-order valence-electron chi connectivity index (χ3n) is 2.31. The number of ether oxygens (including phenoxy) is 1. The van der Waals surface area contributed by atoms with E-state index >= 15 is 0 Å². The number of aromatic carboxylic acids is 1. The zero-order chi connectivity index (χ0) is 14.8. The summed E-state index contributed by atoms with van der Waals surface area (Å²) in [6, 6.07) is 5.79. The van der Waals surface area contributed by atoms with E-state index < -0.39 is 16.0 Å². The Labute approximate surface area is 118 Å². The summed E-state index contributed by atoms with van der Waals surface area (Å²) in [5.74, 6) is -0.678. The number of carbonyl (C=O) groups is 1. The highest BCUT2D eigenvalue weighted by Gasteiger charge is 2.17. The van der Waals surface area contributed by atoms with Crippen LogP contribution in [-0.4, -0.2) is 31.6 Å². The largest absolute Gasteiger partial charge is 0.497 e. The Balaban J connectivity index is 2.23. The van der Waals surface area contributed by atoms with Crippen LogP contribution in [0.25, 0.3) is 0 Å². The third-order valence-corrected chi connectivity index (χ3v) is 4.56. The molecule has 1 heterocycles. The van der Waals surface area contributed by atoms with Gasteiger partial charge in [-0.15, -0.1) is 11.3 Å². The van der Waals surface area contributed by atoms with Crippen molar-refractivity contribution in [2.24, 2.45) is 0 Å². The lowest BCUT2D eigenvalue weighted by atomic mass is 10.3. The fourth-order valence-electron chi connectivity index (χ4n) is 1.35. The summed E-state index contributed by atoms with van der Waals surface area (Å²) in [4.78, 5) is 14.4. The molecule has 1 aromatic heterocycles. The molecule has 2 aromatic rings. The van der Waals surface area contributed by atoms with Crippen molar-refractivity contribution in [3.05, 3.63) is 35.3 Å². The zero-order valence-electron chi connectivity index (χ0n) is 10.2. The van der Waals surface area contributed by atoms with Crippen LogP contribution >= 0.6 is 11.3 Å². The van der Waals surface area contributed by atoms with Gasteiger partial charge in [0.25, 0.3) is 10.0 Å². The van der Waals surface area contributed by atoms with Crippen molar-refractivity contribution in [1.29, 1.82) is 0 Å². The van der Waals surface area contributed by atoms with Crippen molar-refractivity contribution in [3.8, 4) is 5.75 Å². The predicted octanol–water partition coefficient (Wildman–Crippen LogP) is 1.65. The fourth-order valence-corrected chi connectivity index (χ4v) is 3.28. The Morgan fingerprint density at radius 1 is 1.35 bits per heavy atom. The van der Waals surface area contributed by atoms with Gasteiger partial charge >= 0.3 is 5.97 Å². The lowest BCUT2D eigenvalue weighted by Gasteiger charge is -2.05. The molecule has 0 aliphatic carbocycles. The van der Waals surface area contributed by atoms with Crippen LogP contribution in [0.4, 0.5) is 5.13 Å². The molecule has 0 bridgehead atoms. The normalized spacial score (nSPS) is 11.1. The summed E-state index contributed by atoms with van der Waals surface area (Å²) in [7, 11) is -2.32. The second kappa shape index (κ2) is 5.47. The summed E-state index contributed by atoms with van der Waals surface area (Å²) in [6.07, 6.45) is 0. The molecule has 106 valence electrons. The van der Waals surface area contributed by atoms with Gasteiger partial charge in [-0.3, -0.25) is 4.72 Å². The van der Waals surface area contributed by atoms with E-state index in [9.17, 15) is 13.2 Å². The van der Waals surface area contributed by atoms with E-state index in [4.69, 9.17) is 9.84 Å². The van der Waals surface area contributed by atoms with Gasteiger partial charge in [0.05, 0.1) is 12.0 Å². The van der Waals surface area contributed by atoms with Crippen LogP contribution in [0.1, 0.15) is 10.5 Å². The number of hydrogen-bond acceptors (Lipinski definition) is 6. The lowest BCUT2D eigenvalue weighted by Crippen LogP contribution is -2.13. The minimum atomic E-state index is -3.80. The first kappa shape index (κ1) is 14.3. The molecule has 2 rings (SSSR count). The van der Waals surface area contributed by atoms with E-state index in [0.717, 1.165) is 11.3 Å². The molecule has 0 aliphatic heterocycles. The first-order valence-corrected chi connectivity index (χ1v) is 7.64. The minimum Gasteiger partial charge on any atom is -0.497 e. The van der Waals surface area contributed by atoms with Gasteiger partial charge in [-0.1, -0.05) is 0 Å². The molecule has 0 amide bonds. The number of carboxylic acid groups (broad SMARTS) is 1. The summed E-state index contributed by atoms with van der Waals surface area (Å²) in [5.41, 5.74) is -0.206.